The van der Waals surface area contributed by atoms with Crippen molar-refractivity contribution in [3.05, 3.63) is 46.5 Å². The first-order valence-corrected chi connectivity index (χ1v) is 6.78. The first kappa shape index (κ1) is 12.7. The smallest absolute Gasteiger partial charge is 0.395 e. The van der Waals surface area contributed by atoms with Gasteiger partial charge in [0, 0.05) is 23.4 Å². The van der Waals surface area contributed by atoms with Gasteiger partial charge in [-0.1, -0.05) is 0 Å². The average Bonchev–Trinajstić information content (AvgIpc) is 2.96. The summed E-state index contributed by atoms with van der Waals surface area (Å²) >= 11 is 1.64. The Labute approximate surface area is 117 Å². The number of amides is 1. The van der Waals surface area contributed by atoms with Crippen LogP contribution in [-0.4, -0.2) is 28.1 Å². The van der Waals surface area contributed by atoms with Crippen molar-refractivity contribution in [2.45, 2.75) is 4.90 Å². The number of hydrogen-bond donors (Lipinski definition) is 0. The van der Waals surface area contributed by atoms with E-state index in [4.69, 9.17) is 4.42 Å². The normalized spacial score (nSPS) is 13.9. The minimum absolute atomic E-state index is 0.0431. The molecule has 7 nitrogen and oxygen atoms in total. The van der Waals surface area contributed by atoms with Crippen LogP contribution in [0, 0.1) is 10.1 Å². The van der Waals surface area contributed by atoms with Gasteiger partial charge in [0.1, 0.15) is 4.92 Å². The quantitative estimate of drug-likeness (QED) is 0.623. The topological polar surface area (TPSA) is 89.5 Å². The maximum Gasteiger partial charge on any atom is 0.433 e. The highest BCUT2D eigenvalue weighted by atomic mass is 32.2. The number of thioether (sulfide) groups is 1. The van der Waals surface area contributed by atoms with Crippen LogP contribution in [0.25, 0.3) is 0 Å². The van der Waals surface area contributed by atoms with Gasteiger partial charge in [0.2, 0.25) is 0 Å². The molecule has 8 heteroatoms. The van der Waals surface area contributed by atoms with Crippen molar-refractivity contribution in [1.29, 1.82) is 0 Å². The Morgan fingerprint density at radius 3 is 3.05 bits per heavy atom. The average molecular weight is 291 g/mol. The van der Waals surface area contributed by atoms with Crippen molar-refractivity contribution < 1.29 is 14.1 Å². The lowest BCUT2D eigenvalue weighted by molar-refractivity contribution is -0.402. The number of anilines is 1. The molecule has 0 spiro atoms. The van der Waals surface area contributed by atoms with Gasteiger partial charge in [0.05, 0.1) is 18.0 Å². The second-order valence-electron chi connectivity index (χ2n) is 4.04. The van der Waals surface area contributed by atoms with E-state index in [9.17, 15) is 14.9 Å². The van der Waals surface area contributed by atoms with Crippen LogP contribution in [0.4, 0.5) is 11.6 Å². The lowest BCUT2D eigenvalue weighted by Crippen LogP contribution is -2.35. The molecule has 102 valence electrons. The Balaban J connectivity index is 1.93. The third kappa shape index (κ3) is 2.14. The molecule has 0 atom stereocenters. The van der Waals surface area contributed by atoms with Gasteiger partial charge in [0.15, 0.2) is 5.76 Å². The number of pyridine rings is 1. The molecule has 1 aliphatic heterocycles. The molecule has 2 aromatic heterocycles. The zero-order valence-electron chi connectivity index (χ0n) is 10.2. The van der Waals surface area contributed by atoms with Crippen LogP contribution in [0.2, 0.25) is 0 Å². The van der Waals surface area contributed by atoms with E-state index in [1.165, 1.54) is 17.0 Å². The Hall–Kier alpha value is -2.35. The van der Waals surface area contributed by atoms with E-state index in [2.05, 4.69) is 4.98 Å². The number of hydrogen-bond acceptors (Lipinski definition) is 6. The standard InChI is InChI=1S/C12H9N3O4S/c16-12(9-1-2-11(19-9)15(17)18)14-5-6-20-10-3-4-13-7-8(10)14/h1-4,7H,5-6H2. The fraction of sp³-hybridized carbons (Fsp3) is 0.167. The summed E-state index contributed by atoms with van der Waals surface area (Å²) in [6.07, 6.45) is 3.27. The Kier molecular flexibility index (Phi) is 3.15. The van der Waals surface area contributed by atoms with Crippen LogP contribution in [-0.2, 0) is 0 Å². The highest BCUT2D eigenvalue weighted by molar-refractivity contribution is 7.99. The number of furan rings is 1. The largest absolute Gasteiger partial charge is 0.433 e. The summed E-state index contributed by atoms with van der Waals surface area (Å²) in [5, 5.41) is 10.6. The van der Waals surface area contributed by atoms with Crippen molar-refractivity contribution in [2.75, 3.05) is 17.2 Å². The molecule has 0 bridgehead atoms. The van der Waals surface area contributed by atoms with Gasteiger partial charge in [-0.05, 0) is 12.1 Å². The second kappa shape index (κ2) is 4.97. The Morgan fingerprint density at radius 1 is 1.45 bits per heavy atom. The third-order valence-corrected chi connectivity index (χ3v) is 3.90. The zero-order valence-corrected chi connectivity index (χ0v) is 11.0. The summed E-state index contributed by atoms with van der Waals surface area (Å²) in [6.45, 7) is 0.511. The van der Waals surface area contributed by atoms with E-state index < -0.39 is 16.7 Å². The SMILES string of the molecule is O=C(c1ccc([N+](=O)[O-])o1)N1CCSc2ccncc21. The number of aromatic nitrogens is 1. The van der Waals surface area contributed by atoms with E-state index in [0.717, 1.165) is 10.6 Å². The van der Waals surface area contributed by atoms with Crippen molar-refractivity contribution in [3.63, 3.8) is 0 Å². The van der Waals surface area contributed by atoms with Gasteiger partial charge in [-0.2, -0.15) is 0 Å². The summed E-state index contributed by atoms with van der Waals surface area (Å²) in [4.78, 5) is 28.8. The molecule has 0 radical (unpaired) electrons. The summed E-state index contributed by atoms with van der Waals surface area (Å²) in [5.41, 5.74) is 0.702. The molecule has 3 heterocycles. The fourth-order valence-electron chi connectivity index (χ4n) is 1.95. The molecule has 0 aromatic carbocycles. The molecule has 1 amide bonds. The fourth-order valence-corrected chi connectivity index (χ4v) is 2.91. The van der Waals surface area contributed by atoms with Crippen LogP contribution in [0.15, 0.2) is 39.9 Å². The van der Waals surface area contributed by atoms with Gasteiger partial charge < -0.3 is 9.32 Å². The number of rotatable bonds is 2. The molecule has 20 heavy (non-hydrogen) atoms. The molecular formula is C12H9N3O4S. The second-order valence-corrected chi connectivity index (χ2v) is 5.18. The van der Waals surface area contributed by atoms with Crippen LogP contribution < -0.4 is 4.90 Å². The van der Waals surface area contributed by atoms with Gasteiger partial charge in [-0.15, -0.1) is 11.8 Å². The first-order chi connectivity index (χ1) is 9.66. The molecular weight excluding hydrogens is 282 g/mol. The van der Waals surface area contributed by atoms with Crippen LogP contribution in [0.1, 0.15) is 10.6 Å². The minimum Gasteiger partial charge on any atom is -0.395 e. The maximum absolute atomic E-state index is 12.4. The molecule has 0 aliphatic carbocycles. The number of carbonyl (C=O) groups is 1. The number of nitro groups is 1. The van der Waals surface area contributed by atoms with Crippen LogP contribution in [0.3, 0.4) is 0 Å². The minimum atomic E-state index is -0.668. The van der Waals surface area contributed by atoms with E-state index in [-0.39, 0.29) is 5.76 Å². The van der Waals surface area contributed by atoms with Gasteiger partial charge in [-0.25, -0.2) is 0 Å². The summed E-state index contributed by atoms with van der Waals surface area (Å²) < 4.78 is 4.96. The molecule has 0 unspecified atom stereocenters. The lowest BCUT2D eigenvalue weighted by atomic mass is 10.3. The highest BCUT2D eigenvalue weighted by Crippen LogP contribution is 2.34. The molecule has 0 N–H and O–H groups in total. The Morgan fingerprint density at radius 2 is 2.30 bits per heavy atom. The zero-order chi connectivity index (χ0) is 14.1. The molecule has 0 fully saturated rings. The van der Waals surface area contributed by atoms with E-state index in [1.54, 1.807) is 24.2 Å². The molecule has 2 aromatic rings. The first-order valence-electron chi connectivity index (χ1n) is 5.80. The molecule has 0 saturated heterocycles. The Bertz CT molecular complexity index is 685. The van der Waals surface area contributed by atoms with Crippen LogP contribution >= 0.6 is 11.8 Å². The number of fused-ring (bicyclic) bond motifs is 1. The van der Waals surface area contributed by atoms with Gasteiger partial charge in [-0.3, -0.25) is 19.9 Å². The predicted molar refractivity (Wildman–Crippen MR) is 72.0 cm³/mol. The van der Waals surface area contributed by atoms with Gasteiger partial charge in [0.25, 0.3) is 5.91 Å². The summed E-state index contributed by atoms with van der Waals surface area (Å²) in [7, 11) is 0. The number of nitrogens with zero attached hydrogens (tertiary/aromatic N) is 3. The molecule has 3 rings (SSSR count). The summed E-state index contributed by atoms with van der Waals surface area (Å²) in [6, 6.07) is 4.33. The van der Waals surface area contributed by atoms with Crippen molar-refractivity contribution >= 4 is 29.2 Å². The van der Waals surface area contributed by atoms with E-state index in [1.807, 2.05) is 6.07 Å². The van der Waals surface area contributed by atoms with Crippen molar-refractivity contribution in [2.24, 2.45) is 0 Å². The van der Waals surface area contributed by atoms with Gasteiger partial charge >= 0.3 is 5.88 Å². The summed E-state index contributed by atoms with van der Waals surface area (Å²) in [5.74, 6) is -0.122. The van der Waals surface area contributed by atoms with Crippen molar-refractivity contribution in [1.82, 2.24) is 4.98 Å². The lowest BCUT2D eigenvalue weighted by Gasteiger charge is -2.27. The van der Waals surface area contributed by atoms with Crippen LogP contribution in [0.5, 0.6) is 0 Å². The molecule has 0 saturated carbocycles. The maximum atomic E-state index is 12.4. The van der Waals surface area contributed by atoms with Crippen molar-refractivity contribution in [3.8, 4) is 0 Å². The van der Waals surface area contributed by atoms with E-state index in [0.29, 0.717) is 12.2 Å². The third-order valence-electron chi connectivity index (χ3n) is 2.85. The highest BCUT2D eigenvalue weighted by Gasteiger charge is 2.27. The number of carbonyl (C=O) groups excluding carboxylic acids is 1. The predicted octanol–water partition coefficient (Wildman–Crippen LogP) is 2.34. The monoisotopic (exact) mass is 291 g/mol. The molecule has 1 aliphatic rings. The van der Waals surface area contributed by atoms with E-state index >= 15 is 0 Å².